The molecule has 2 aromatic carbocycles. The Morgan fingerprint density at radius 2 is 1.79 bits per heavy atom. The molecule has 34 heavy (non-hydrogen) atoms. The molecule has 0 aliphatic carbocycles. The maximum atomic E-state index is 13.7. The molecule has 0 radical (unpaired) electrons. The largest absolute Gasteiger partial charge is 0.330 e. The first-order chi connectivity index (χ1) is 16.4. The summed E-state index contributed by atoms with van der Waals surface area (Å²) >= 11 is 7.87. The molecular formula is C28H31ClN2O2S. The van der Waals surface area contributed by atoms with Crippen LogP contribution in [-0.4, -0.2) is 41.2 Å². The summed E-state index contributed by atoms with van der Waals surface area (Å²) in [6.07, 6.45) is 1.76. The number of nitrogens with zero attached hydrogens (tertiary/aromatic N) is 2. The van der Waals surface area contributed by atoms with Gasteiger partial charge in [-0.25, -0.2) is 0 Å². The Morgan fingerprint density at radius 1 is 1.09 bits per heavy atom. The minimum absolute atomic E-state index is 0.0315. The molecule has 1 aliphatic heterocycles. The van der Waals surface area contributed by atoms with Crippen molar-refractivity contribution in [2.45, 2.75) is 39.7 Å². The van der Waals surface area contributed by atoms with E-state index < -0.39 is 0 Å². The number of halogens is 1. The van der Waals surface area contributed by atoms with E-state index >= 15 is 0 Å². The van der Waals surface area contributed by atoms with E-state index in [0.29, 0.717) is 23.7 Å². The average molecular weight is 495 g/mol. The van der Waals surface area contributed by atoms with E-state index in [-0.39, 0.29) is 30.3 Å². The van der Waals surface area contributed by atoms with Gasteiger partial charge < -0.3 is 9.80 Å². The molecule has 1 aliphatic rings. The van der Waals surface area contributed by atoms with Gasteiger partial charge in [0.05, 0.1) is 6.04 Å². The monoisotopic (exact) mass is 494 g/mol. The third kappa shape index (κ3) is 5.37. The second-order valence-corrected chi connectivity index (χ2v) is 10.7. The SMILES string of the molecule is CCc1ccc(C(=O)N(CC(=O)N2CCc3sccc3C2c2ccc(Cl)cc2)CC(C)C)cc1. The molecule has 0 saturated carbocycles. The Hall–Kier alpha value is -2.63. The lowest BCUT2D eigenvalue weighted by molar-refractivity contribution is -0.134. The van der Waals surface area contributed by atoms with E-state index in [0.717, 1.165) is 18.4 Å². The van der Waals surface area contributed by atoms with Crippen molar-refractivity contribution in [3.05, 3.63) is 92.1 Å². The van der Waals surface area contributed by atoms with Crippen LogP contribution in [0.15, 0.2) is 60.0 Å². The molecule has 0 fully saturated rings. The number of amides is 2. The van der Waals surface area contributed by atoms with E-state index in [1.165, 1.54) is 16.0 Å². The highest BCUT2D eigenvalue weighted by Crippen LogP contribution is 2.38. The number of hydrogen-bond acceptors (Lipinski definition) is 3. The van der Waals surface area contributed by atoms with Crippen LogP contribution in [0.4, 0.5) is 0 Å². The number of aryl methyl sites for hydroxylation is 1. The van der Waals surface area contributed by atoms with Crippen LogP contribution in [-0.2, 0) is 17.6 Å². The zero-order valence-electron chi connectivity index (χ0n) is 20.0. The van der Waals surface area contributed by atoms with Crippen molar-refractivity contribution in [3.63, 3.8) is 0 Å². The van der Waals surface area contributed by atoms with Gasteiger partial charge in [0, 0.05) is 28.6 Å². The van der Waals surface area contributed by atoms with Crippen LogP contribution in [0.3, 0.4) is 0 Å². The van der Waals surface area contributed by atoms with E-state index in [9.17, 15) is 9.59 Å². The van der Waals surface area contributed by atoms with Crippen LogP contribution >= 0.6 is 22.9 Å². The first-order valence-electron chi connectivity index (χ1n) is 11.9. The smallest absolute Gasteiger partial charge is 0.254 e. The summed E-state index contributed by atoms with van der Waals surface area (Å²) < 4.78 is 0. The summed E-state index contributed by atoms with van der Waals surface area (Å²) in [7, 11) is 0. The number of benzene rings is 2. The minimum atomic E-state index is -0.167. The van der Waals surface area contributed by atoms with Gasteiger partial charge in [-0.15, -0.1) is 11.3 Å². The summed E-state index contributed by atoms with van der Waals surface area (Å²) in [6.45, 7) is 7.46. The van der Waals surface area contributed by atoms with Crippen LogP contribution < -0.4 is 0 Å². The lowest BCUT2D eigenvalue weighted by Crippen LogP contribution is -2.47. The molecule has 4 nitrogen and oxygen atoms in total. The number of fused-ring (bicyclic) bond motifs is 1. The van der Waals surface area contributed by atoms with Crippen LogP contribution in [0, 0.1) is 5.92 Å². The summed E-state index contributed by atoms with van der Waals surface area (Å²) in [6, 6.07) is 17.4. The molecule has 1 atom stereocenters. The van der Waals surface area contributed by atoms with Gasteiger partial charge in [-0.2, -0.15) is 0 Å². The van der Waals surface area contributed by atoms with Crippen molar-refractivity contribution in [1.29, 1.82) is 0 Å². The predicted molar refractivity (Wildman–Crippen MR) is 140 cm³/mol. The van der Waals surface area contributed by atoms with E-state index in [1.807, 2.05) is 53.4 Å². The predicted octanol–water partition coefficient (Wildman–Crippen LogP) is 6.24. The highest BCUT2D eigenvalue weighted by atomic mass is 35.5. The molecule has 0 bridgehead atoms. The average Bonchev–Trinajstić information content (AvgIpc) is 3.32. The highest BCUT2D eigenvalue weighted by Gasteiger charge is 2.34. The molecule has 1 aromatic heterocycles. The number of rotatable bonds is 7. The molecule has 0 spiro atoms. The minimum Gasteiger partial charge on any atom is -0.330 e. The van der Waals surface area contributed by atoms with Gasteiger partial charge in [0.1, 0.15) is 6.54 Å². The lowest BCUT2D eigenvalue weighted by Gasteiger charge is -2.38. The fraction of sp³-hybridized carbons (Fsp3) is 0.357. The Kier molecular flexibility index (Phi) is 7.74. The van der Waals surface area contributed by atoms with Gasteiger partial charge in [-0.3, -0.25) is 9.59 Å². The molecule has 0 saturated heterocycles. The first-order valence-corrected chi connectivity index (χ1v) is 13.1. The molecule has 3 aromatic rings. The van der Waals surface area contributed by atoms with Crippen molar-refractivity contribution in [3.8, 4) is 0 Å². The fourth-order valence-electron chi connectivity index (χ4n) is 4.57. The standard InChI is InChI=1S/C28H31ClN2O2S/c1-4-20-5-7-22(8-6-20)28(33)30(17-19(2)3)18-26(32)31-15-13-25-24(14-16-34-25)27(31)21-9-11-23(29)12-10-21/h5-12,14,16,19,27H,4,13,15,17-18H2,1-3H3. The topological polar surface area (TPSA) is 40.6 Å². The molecule has 0 N–H and O–H groups in total. The van der Waals surface area contributed by atoms with Gasteiger partial charge in [0.15, 0.2) is 0 Å². The van der Waals surface area contributed by atoms with E-state index in [1.54, 1.807) is 16.2 Å². The summed E-state index contributed by atoms with van der Waals surface area (Å²) in [5, 5.41) is 2.77. The number of hydrogen-bond donors (Lipinski definition) is 0. The molecule has 1 unspecified atom stereocenters. The molecule has 2 heterocycles. The Bertz CT molecular complexity index is 1140. The van der Waals surface area contributed by atoms with Gasteiger partial charge in [0.2, 0.25) is 5.91 Å². The summed E-state index contributed by atoms with van der Waals surface area (Å²) in [5.41, 5.74) is 4.02. The van der Waals surface area contributed by atoms with Crippen molar-refractivity contribution in [1.82, 2.24) is 9.80 Å². The van der Waals surface area contributed by atoms with E-state index in [2.05, 4.69) is 32.2 Å². The summed E-state index contributed by atoms with van der Waals surface area (Å²) in [5.74, 6) is 0.125. The molecule has 178 valence electrons. The Balaban J connectivity index is 1.60. The van der Waals surface area contributed by atoms with Crippen LogP contribution in [0.25, 0.3) is 0 Å². The quantitative estimate of drug-likeness (QED) is 0.390. The highest BCUT2D eigenvalue weighted by molar-refractivity contribution is 7.10. The van der Waals surface area contributed by atoms with Crippen molar-refractivity contribution in [2.75, 3.05) is 19.6 Å². The van der Waals surface area contributed by atoms with Crippen LogP contribution in [0.2, 0.25) is 5.02 Å². The molecular weight excluding hydrogens is 464 g/mol. The van der Waals surface area contributed by atoms with E-state index in [4.69, 9.17) is 11.6 Å². The maximum Gasteiger partial charge on any atom is 0.254 e. The fourth-order valence-corrected chi connectivity index (χ4v) is 5.60. The number of carbonyl (C=O) groups excluding carboxylic acids is 2. The second kappa shape index (κ2) is 10.7. The van der Waals surface area contributed by atoms with Gasteiger partial charge in [-0.05, 0) is 71.2 Å². The normalized spacial score (nSPS) is 15.3. The van der Waals surface area contributed by atoms with Crippen molar-refractivity contribution in [2.24, 2.45) is 5.92 Å². The zero-order chi connectivity index (χ0) is 24.2. The van der Waals surface area contributed by atoms with Crippen LogP contribution in [0.5, 0.6) is 0 Å². The molecule has 4 rings (SSSR count). The van der Waals surface area contributed by atoms with Gasteiger partial charge in [0.25, 0.3) is 5.91 Å². The maximum absolute atomic E-state index is 13.7. The Morgan fingerprint density at radius 3 is 2.44 bits per heavy atom. The molecule has 2 amide bonds. The number of thiophene rings is 1. The lowest BCUT2D eigenvalue weighted by atomic mass is 9.93. The zero-order valence-corrected chi connectivity index (χ0v) is 21.5. The molecule has 6 heteroatoms. The summed E-state index contributed by atoms with van der Waals surface area (Å²) in [4.78, 5) is 32.1. The van der Waals surface area contributed by atoms with Gasteiger partial charge >= 0.3 is 0 Å². The Labute approximate surface area is 211 Å². The van der Waals surface area contributed by atoms with Crippen molar-refractivity contribution >= 4 is 34.8 Å². The van der Waals surface area contributed by atoms with Crippen molar-refractivity contribution < 1.29 is 9.59 Å². The third-order valence-corrected chi connectivity index (χ3v) is 7.53. The van der Waals surface area contributed by atoms with Crippen LogP contribution in [0.1, 0.15) is 58.7 Å². The van der Waals surface area contributed by atoms with Gasteiger partial charge in [-0.1, -0.05) is 56.6 Å². The second-order valence-electron chi connectivity index (χ2n) is 9.22. The number of carbonyl (C=O) groups is 2. The first kappa shape index (κ1) is 24.5. The third-order valence-electron chi connectivity index (χ3n) is 6.28.